The van der Waals surface area contributed by atoms with Gasteiger partial charge in [0.05, 0.1) is 18.3 Å². The van der Waals surface area contributed by atoms with Gasteiger partial charge in [-0.2, -0.15) is 19.6 Å². The Morgan fingerprint density at radius 1 is 1.26 bits per heavy atom. The molecule has 4 heterocycles. The number of aromatic nitrogens is 6. The van der Waals surface area contributed by atoms with Crippen LogP contribution < -0.4 is 21.4 Å². The normalized spacial score (nSPS) is 21.7. The highest BCUT2D eigenvalue weighted by Crippen LogP contribution is 2.22. The Morgan fingerprint density at radius 3 is 2.78 bits per heavy atom. The van der Waals surface area contributed by atoms with E-state index in [1.165, 1.54) is 0 Å². The Balaban J connectivity index is 1.71. The summed E-state index contributed by atoms with van der Waals surface area (Å²) >= 11 is 0. The fourth-order valence-corrected chi connectivity index (χ4v) is 3.13. The first-order valence-electron chi connectivity index (χ1n) is 8.82. The minimum atomic E-state index is -0.499. The summed E-state index contributed by atoms with van der Waals surface area (Å²) in [5, 5.41) is 24.6. The zero-order chi connectivity index (χ0) is 18.5. The van der Waals surface area contributed by atoms with Gasteiger partial charge in [0, 0.05) is 18.3 Å². The molecule has 0 bridgehead atoms. The first-order valence-corrected chi connectivity index (χ1v) is 8.82. The molecule has 1 aliphatic carbocycles. The molecule has 2 fully saturated rings. The van der Waals surface area contributed by atoms with Crippen molar-refractivity contribution in [3.8, 4) is 5.88 Å². The summed E-state index contributed by atoms with van der Waals surface area (Å²) in [5.74, 6) is 0.236. The zero-order valence-corrected chi connectivity index (χ0v) is 14.3. The number of aromatic hydroxyl groups is 1. The molecule has 1 saturated heterocycles. The van der Waals surface area contributed by atoms with E-state index in [0.717, 1.165) is 12.8 Å². The summed E-state index contributed by atoms with van der Waals surface area (Å²) in [7, 11) is 0. The molecule has 11 nitrogen and oxygen atoms in total. The number of hydrogen-bond acceptors (Lipinski definition) is 8. The summed E-state index contributed by atoms with van der Waals surface area (Å²) in [6, 6.07) is 0.252. The highest BCUT2D eigenvalue weighted by Gasteiger charge is 2.25. The molecule has 0 unspecified atom stereocenters. The third-order valence-electron chi connectivity index (χ3n) is 4.69. The SMILES string of the molecule is O=c1[nH]c(O)c(C=c2cnn3c(=NC4CC4)nc(N4CC[C@H](O)C4)nc23)[nH]1. The van der Waals surface area contributed by atoms with Crippen LogP contribution in [-0.4, -0.2) is 65.0 Å². The zero-order valence-electron chi connectivity index (χ0n) is 14.3. The molecule has 5 rings (SSSR count). The van der Waals surface area contributed by atoms with Gasteiger partial charge >= 0.3 is 5.69 Å². The smallest absolute Gasteiger partial charge is 0.326 e. The number of hydrogen-bond donors (Lipinski definition) is 4. The number of anilines is 1. The van der Waals surface area contributed by atoms with Gasteiger partial charge in [-0.15, -0.1) is 0 Å². The molecule has 140 valence electrons. The van der Waals surface area contributed by atoms with Crippen LogP contribution >= 0.6 is 0 Å². The molecular weight excluding hydrogens is 352 g/mol. The van der Waals surface area contributed by atoms with Crippen molar-refractivity contribution in [1.82, 2.24) is 29.5 Å². The molecule has 0 aromatic carbocycles. The maximum Gasteiger partial charge on any atom is 0.326 e. The monoisotopic (exact) mass is 370 g/mol. The number of nitrogens with one attached hydrogen (secondary N) is 2. The molecular formula is C16H18N8O3. The van der Waals surface area contributed by atoms with Crippen molar-refractivity contribution in [2.45, 2.75) is 31.4 Å². The molecule has 0 spiro atoms. The number of rotatable bonds is 3. The maximum absolute atomic E-state index is 11.4. The Labute approximate surface area is 151 Å². The first-order chi connectivity index (χ1) is 13.1. The van der Waals surface area contributed by atoms with Crippen molar-refractivity contribution in [1.29, 1.82) is 0 Å². The molecule has 2 aliphatic rings. The highest BCUT2D eigenvalue weighted by molar-refractivity contribution is 5.57. The highest BCUT2D eigenvalue weighted by atomic mass is 16.3. The summed E-state index contributed by atoms with van der Waals surface area (Å²) in [6.45, 7) is 1.14. The van der Waals surface area contributed by atoms with Crippen LogP contribution in [0.3, 0.4) is 0 Å². The van der Waals surface area contributed by atoms with Crippen LogP contribution in [0.15, 0.2) is 16.0 Å². The number of fused-ring (bicyclic) bond motifs is 1. The fraction of sp³-hybridized carbons (Fsp3) is 0.438. The fourth-order valence-electron chi connectivity index (χ4n) is 3.13. The standard InChI is InChI=1S/C16H18N8O3/c25-10-3-4-23(7-10)14-20-12-8(5-11-13(26)21-16(27)19-11)6-17-24(12)15(22-14)18-9-1-2-9/h5-6,9-10,25-26H,1-4,7H2,(H2,19,21,27)/t10-/m0/s1. The van der Waals surface area contributed by atoms with Crippen LogP contribution in [0.2, 0.25) is 0 Å². The average molecular weight is 370 g/mol. The Morgan fingerprint density at radius 2 is 2.11 bits per heavy atom. The van der Waals surface area contributed by atoms with E-state index in [4.69, 9.17) is 0 Å². The average Bonchev–Trinajstić information content (AvgIpc) is 3.04. The van der Waals surface area contributed by atoms with Crippen LogP contribution in [0, 0.1) is 0 Å². The maximum atomic E-state index is 11.4. The third kappa shape index (κ3) is 2.95. The van der Waals surface area contributed by atoms with E-state index in [9.17, 15) is 15.0 Å². The topological polar surface area (TPSA) is 148 Å². The summed E-state index contributed by atoms with van der Waals surface area (Å²) in [4.78, 5) is 31.8. The van der Waals surface area contributed by atoms with Gasteiger partial charge in [0.2, 0.25) is 11.8 Å². The van der Waals surface area contributed by atoms with Gasteiger partial charge in [-0.25, -0.2) is 9.79 Å². The molecule has 1 saturated carbocycles. The van der Waals surface area contributed by atoms with Crippen molar-refractivity contribution in [3.05, 3.63) is 33.2 Å². The lowest BCUT2D eigenvalue weighted by molar-refractivity contribution is 0.198. The van der Waals surface area contributed by atoms with Gasteiger partial charge in [-0.3, -0.25) is 4.98 Å². The first kappa shape index (κ1) is 16.0. The summed E-state index contributed by atoms with van der Waals surface area (Å²) < 4.78 is 1.56. The molecule has 3 aromatic heterocycles. The number of β-amino-alcohol motifs (C(OH)–C–C–N with tert-alkyl or cyclic N) is 1. The number of aliphatic hydroxyl groups is 1. The van der Waals surface area contributed by atoms with E-state index in [2.05, 4.69) is 30.0 Å². The van der Waals surface area contributed by atoms with E-state index in [1.807, 2.05) is 4.90 Å². The van der Waals surface area contributed by atoms with Crippen LogP contribution in [0.1, 0.15) is 25.0 Å². The lowest BCUT2D eigenvalue weighted by atomic mass is 10.3. The van der Waals surface area contributed by atoms with Crippen LogP contribution in [0.4, 0.5) is 5.95 Å². The van der Waals surface area contributed by atoms with Gasteiger partial charge in [-0.05, 0) is 25.3 Å². The molecule has 3 aromatic rings. The lowest BCUT2D eigenvalue weighted by Gasteiger charge is -2.14. The summed E-state index contributed by atoms with van der Waals surface area (Å²) in [6.07, 6.45) is 5.51. The van der Waals surface area contributed by atoms with Crippen molar-refractivity contribution in [3.63, 3.8) is 0 Å². The van der Waals surface area contributed by atoms with E-state index in [-0.39, 0.29) is 17.6 Å². The predicted molar refractivity (Wildman–Crippen MR) is 94.1 cm³/mol. The van der Waals surface area contributed by atoms with E-state index < -0.39 is 11.8 Å². The van der Waals surface area contributed by atoms with Gasteiger partial charge in [0.15, 0.2) is 5.65 Å². The predicted octanol–water partition coefficient (Wildman–Crippen LogP) is -1.97. The van der Waals surface area contributed by atoms with Crippen LogP contribution in [0.25, 0.3) is 11.7 Å². The second kappa shape index (κ2) is 5.91. The Kier molecular flexibility index (Phi) is 3.50. The molecule has 27 heavy (non-hydrogen) atoms. The van der Waals surface area contributed by atoms with Crippen molar-refractivity contribution < 1.29 is 10.2 Å². The molecule has 1 aliphatic heterocycles. The molecule has 0 radical (unpaired) electrons. The van der Waals surface area contributed by atoms with Crippen LogP contribution in [-0.2, 0) is 0 Å². The second-order valence-electron chi connectivity index (χ2n) is 6.89. The molecule has 11 heteroatoms. The second-order valence-corrected chi connectivity index (χ2v) is 6.89. The number of imidazole rings is 1. The Hall–Kier alpha value is -3.21. The van der Waals surface area contributed by atoms with Gasteiger partial charge in [-0.1, -0.05) is 0 Å². The number of nitrogens with zero attached hydrogens (tertiary/aromatic N) is 6. The lowest BCUT2D eigenvalue weighted by Crippen LogP contribution is -2.30. The van der Waals surface area contributed by atoms with Crippen molar-refractivity contribution >= 4 is 17.7 Å². The Bertz CT molecular complexity index is 1190. The van der Waals surface area contributed by atoms with Crippen LogP contribution in [0.5, 0.6) is 5.88 Å². The summed E-state index contributed by atoms with van der Waals surface area (Å²) in [5.41, 5.74) is 0.723. The van der Waals surface area contributed by atoms with Gasteiger partial charge < -0.3 is 20.1 Å². The number of aromatic amines is 2. The van der Waals surface area contributed by atoms with Gasteiger partial charge in [0.25, 0.3) is 5.62 Å². The van der Waals surface area contributed by atoms with E-state index in [1.54, 1.807) is 16.8 Å². The number of aliphatic hydroxyl groups excluding tert-OH is 1. The van der Waals surface area contributed by atoms with Crippen molar-refractivity contribution in [2.24, 2.45) is 4.99 Å². The number of H-pyrrole nitrogens is 2. The largest absolute Gasteiger partial charge is 0.493 e. The molecule has 0 amide bonds. The molecule has 1 atom stereocenters. The molecule has 4 N–H and O–H groups in total. The minimum absolute atomic E-state index is 0.243. The minimum Gasteiger partial charge on any atom is -0.493 e. The van der Waals surface area contributed by atoms with Gasteiger partial charge in [0.1, 0.15) is 5.69 Å². The van der Waals surface area contributed by atoms with Crippen molar-refractivity contribution in [2.75, 3.05) is 18.0 Å². The van der Waals surface area contributed by atoms with E-state index >= 15 is 0 Å². The van der Waals surface area contributed by atoms with E-state index in [0.29, 0.717) is 41.9 Å². The third-order valence-corrected chi connectivity index (χ3v) is 4.69. The quantitative estimate of drug-likeness (QED) is 0.418.